The first kappa shape index (κ1) is 16.9. The van der Waals surface area contributed by atoms with E-state index in [0.29, 0.717) is 11.7 Å². The molecule has 0 N–H and O–H groups in total. The third-order valence-corrected chi connectivity index (χ3v) is 5.68. The highest BCUT2D eigenvalue weighted by molar-refractivity contribution is 7.99. The van der Waals surface area contributed by atoms with Crippen LogP contribution in [-0.2, 0) is 11.2 Å². The highest BCUT2D eigenvalue weighted by Crippen LogP contribution is 2.34. The number of hydrogen-bond donors (Lipinski definition) is 0. The van der Waals surface area contributed by atoms with Crippen LogP contribution in [-0.4, -0.2) is 36.8 Å². The Morgan fingerprint density at radius 1 is 1.17 bits per heavy atom. The van der Waals surface area contributed by atoms with Crippen LogP contribution in [0.3, 0.4) is 0 Å². The second-order valence-corrected chi connectivity index (χ2v) is 7.28. The minimum absolute atomic E-state index is 0.206. The van der Waals surface area contributed by atoms with Crippen LogP contribution in [0, 0.1) is 0 Å². The number of thioether (sulfide) groups is 1. The zero-order valence-electron chi connectivity index (χ0n) is 14.0. The van der Waals surface area contributed by atoms with E-state index in [-0.39, 0.29) is 5.91 Å². The number of rotatable bonds is 4. The summed E-state index contributed by atoms with van der Waals surface area (Å²) < 4.78 is 5.24. The van der Waals surface area contributed by atoms with E-state index in [0.717, 1.165) is 36.6 Å². The number of benzene rings is 2. The summed E-state index contributed by atoms with van der Waals surface area (Å²) in [5, 5.41) is 0.487. The monoisotopic (exact) mass is 341 g/mol. The van der Waals surface area contributed by atoms with Gasteiger partial charge in [-0.2, -0.15) is 11.8 Å². The molecule has 0 saturated carbocycles. The predicted octanol–water partition coefficient (Wildman–Crippen LogP) is 3.94. The lowest BCUT2D eigenvalue weighted by Crippen LogP contribution is -2.34. The fraction of sp³-hybridized carbons (Fsp3) is 0.350. The SMILES string of the molecule is COc1cccc(CC(=O)N2CCSC(c3ccccc3)CC2)c1. The van der Waals surface area contributed by atoms with Crippen LogP contribution in [0.25, 0.3) is 0 Å². The minimum atomic E-state index is 0.206. The summed E-state index contributed by atoms with van der Waals surface area (Å²) in [7, 11) is 1.65. The van der Waals surface area contributed by atoms with Gasteiger partial charge in [0.25, 0.3) is 0 Å². The minimum Gasteiger partial charge on any atom is -0.497 e. The van der Waals surface area contributed by atoms with Gasteiger partial charge in [-0.05, 0) is 29.7 Å². The van der Waals surface area contributed by atoms with E-state index in [9.17, 15) is 4.79 Å². The molecule has 3 nitrogen and oxygen atoms in total. The Bertz CT molecular complexity index is 674. The molecule has 1 fully saturated rings. The summed E-state index contributed by atoms with van der Waals surface area (Å²) in [6.45, 7) is 1.66. The molecule has 0 aliphatic carbocycles. The molecule has 1 saturated heterocycles. The zero-order valence-corrected chi connectivity index (χ0v) is 14.8. The van der Waals surface area contributed by atoms with Gasteiger partial charge in [0.2, 0.25) is 5.91 Å². The normalized spacial score (nSPS) is 18.0. The van der Waals surface area contributed by atoms with Gasteiger partial charge in [0, 0.05) is 24.1 Å². The molecule has 3 rings (SSSR count). The quantitative estimate of drug-likeness (QED) is 0.843. The van der Waals surface area contributed by atoms with E-state index in [4.69, 9.17) is 4.74 Å². The van der Waals surface area contributed by atoms with Crippen molar-refractivity contribution in [2.75, 3.05) is 26.0 Å². The third-order valence-electron chi connectivity index (χ3n) is 4.36. The van der Waals surface area contributed by atoms with Crippen molar-refractivity contribution < 1.29 is 9.53 Å². The molecule has 0 bridgehead atoms. The zero-order chi connectivity index (χ0) is 16.8. The summed E-state index contributed by atoms with van der Waals surface area (Å²) >= 11 is 1.96. The summed E-state index contributed by atoms with van der Waals surface area (Å²) in [5.74, 6) is 2.00. The van der Waals surface area contributed by atoms with Crippen LogP contribution in [0.1, 0.15) is 22.8 Å². The van der Waals surface area contributed by atoms with Crippen LogP contribution in [0.5, 0.6) is 5.75 Å². The molecule has 1 unspecified atom stereocenters. The molecule has 1 heterocycles. The van der Waals surface area contributed by atoms with Gasteiger partial charge in [-0.15, -0.1) is 0 Å². The van der Waals surface area contributed by atoms with E-state index in [1.165, 1.54) is 5.56 Å². The van der Waals surface area contributed by atoms with E-state index >= 15 is 0 Å². The number of methoxy groups -OCH3 is 1. The van der Waals surface area contributed by atoms with E-state index in [1.807, 2.05) is 40.9 Å². The Labute approximate surface area is 148 Å². The molecule has 126 valence electrons. The van der Waals surface area contributed by atoms with Crippen LogP contribution < -0.4 is 4.74 Å². The Kier molecular flexibility index (Phi) is 5.81. The lowest BCUT2D eigenvalue weighted by atomic mass is 10.1. The molecule has 0 aromatic heterocycles. The lowest BCUT2D eigenvalue weighted by Gasteiger charge is -2.20. The predicted molar refractivity (Wildman–Crippen MR) is 99.5 cm³/mol. The molecule has 0 radical (unpaired) electrons. The van der Waals surface area contributed by atoms with Crippen molar-refractivity contribution in [3.05, 3.63) is 65.7 Å². The molecule has 1 atom stereocenters. The van der Waals surface area contributed by atoms with Gasteiger partial charge in [-0.3, -0.25) is 4.79 Å². The van der Waals surface area contributed by atoms with Crippen molar-refractivity contribution in [1.29, 1.82) is 0 Å². The van der Waals surface area contributed by atoms with Crippen molar-refractivity contribution in [1.82, 2.24) is 4.90 Å². The molecule has 2 aromatic carbocycles. The average Bonchev–Trinajstić information content (AvgIpc) is 2.89. The average molecular weight is 341 g/mol. The van der Waals surface area contributed by atoms with Crippen molar-refractivity contribution >= 4 is 17.7 Å². The van der Waals surface area contributed by atoms with Gasteiger partial charge < -0.3 is 9.64 Å². The first-order valence-electron chi connectivity index (χ1n) is 8.33. The van der Waals surface area contributed by atoms with Crippen molar-refractivity contribution in [3.8, 4) is 5.75 Å². The van der Waals surface area contributed by atoms with Crippen LogP contribution in [0.2, 0.25) is 0 Å². The van der Waals surface area contributed by atoms with Crippen LogP contribution >= 0.6 is 11.8 Å². The summed E-state index contributed by atoms with van der Waals surface area (Å²) in [6, 6.07) is 18.4. The van der Waals surface area contributed by atoms with Crippen molar-refractivity contribution in [2.45, 2.75) is 18.1 Å². The topological polar surface area (TPSA) is 29.5 Å². The molecule has 4 heteroatoms. The maximum Gasteiger partial charge on any atom is 0.227 e. The molecule has 1 amide bonds. The number of hydrogen-bond acceptors (Lipinski definition) is 3. The smallest absolute Gasteiger partial charge is 0.227 e. The molecular weight excluding hydrogens is 318 g/mol. The second kappa shape index (κ2) is 8.25. The number of ether oxygens (including phenoxy) is 1. The van der Waals surface area contributed by atoms with Gasteiger partial charge in [0.1, 0.15) is 5.75 Å². The summed E-state index contributed by atoms with van der Waals surface area (Å²) in [5.41, 5.74) is 2.38. The van der Waals surface area contributed by atoms with Gasteiger partial charge in [0.15, 0.2) is 0 Å². The lowest BCUT2D eigenvalue weighted by molar-refractivity contribution is -0.130. The molecular formula is C20H23NO2S. The van der Waals surface area contributed by atoms with Crippen molar-refractivity contribution in [2.24, 2.45) is 0 Å². The Morgan fingerprint density at radius 2 is 2.00 bits per heavy atom. The maximum atomic E-state index is 12.6. The molecule has 1 aliphatic rings. The Balaban J connectivity index is 1.60. The largest absolute Gasteiger partial charge is 0.497 e. The third kappa shape index (κ3) is 4.32. The van der Waals surface area contributed by atoms with E-state index < -0.39 is 0 Å². The van der Waals surface area contributed by atoms with Gasteiger partial charge in [-0.1, -0.05) is 42.5 Å². The summed E-state index contributed by atoms with van der Waals surface area (Å²) in [4.78, 5) is 14.6. The first-order chi connectivity index (χ1) is 11.8. The van der Waals surface area contributed by atoms with Gasteiger partial charge in [0.05, 0.1) is 13.5 Å². The fourth-order valence-electron chi connectivity index (χ4n) is 3.02. The van der Waals surface area contributed by atoms with Gasteiger partial charge >= 0.3 is 0 Å². The van der Waals surface area contributed by atoms with Crippen molar-refractivity contribution in [3.63, 3.8) is 0 Å². The van der Waals surface area contributed by atoms with Crippen LogP contribution in [0.4, 0.5) is 0 Å². The fourth-order valence-corrected chi connectivity index (χ4v) is 4.25. The number of carbonyl (C=O) groups is 1. The number of carbonyl (C=O) groups excluding carboxylic acids is 1. The van der Waals surface area contributed by atoms with E-state index in [2.05, 4.69) is 30.3 Å². The van der Waals surface area contributed by atoms with E-state index in [1.54, 1.807) is 7.11 Å². The Morgan fingerprint density at radius 3 is 2.79 bits per heavy atom. The molecule has 1 aliphatic heterocycles. The second-order valence-electron chi connectivity index (χ2n) is 5.97. The molecule has 24 heavy (non-hydrogen) atoms. The number of nitrogens with zero attached hydrogens (tertiary/aromatic N) is 1. The first-order valence-corrected chi connectivity index (χ1v) is 9.38. The van der Waals surface area contributed by atoms with Crippen LogP contribution in [0.15, 0.2) is 54.6 Å². The maximum absolute atomic E-state index is 12.6. The standard InChI is InChI=1S/C20H23NO2S/c1-23-18-9-5-6-16(14-18)15-20(22)21-11-10-19(24-13-12-21)17-7-3-2-4-8-17/h2-9,14,19H,10-13,15H2,1H3. The summed E-state index contributed by atoms with van der Waals surface area (Å²) in [6.07, 6.45) is 1.45. The highest BCUT2D eigenvalue weighted by atomic mass is 32.2. The Hall–Kier alpha value is -1.94. The number of amides is 1. The molecule has 2 aromatic rings. The highest BCUT2D eigenvalue weighted by Gasteiger charge is 2.22. The molecule has 0 spiro atoms. The van der Waals surface area contributed by atoms with Gasteiger partial charge in [-0.25, -0.2) is 0 Å².